The molecule has 0 aliphatic rings. The first kappa shape index (κ1) is 17.2. The van der Waals surface area contributed by atoms with Gasteiger partial charge >= 0.3 is 0 Å². The first-order valence-corrected chi connectivity index (χ1v) is 8.33. The number of nitrogens with zero attached hydrogens (tertiary/aromatic N) is 2. The van der Waals surface area contributed by atoms with Crippen LogP contribution < -0.4 is 16.0 Å². The van der Waals surface area contributed by atoms with Gasteiger partial charge < -0.3 is 16.0 Å². The summed E-state index contributed by atoms with van der Waals surface area (Å²) in [6.07, 6.45) is 0. The number of likely N-dealkylation sites (N-methyl/N-ethyl adjacent to an activating group) is 1. The van der Waals surface area contributed by atoms with Crippen LogP contribution in [0.25, 0.3) is 0 Å². The normalized spacial score (nSPS) is 10.2. The molecule has 2 amide bonds. The highest BCUT2D eigenvalue weighted by Crippen LogP contribution is 2.27. The maximum atomic E-state index is 13.1. The molecule has 0 saturated carbocycles. The largest absolute Gasteiger partial charge is 0.358 e. The van der Waals surface area contributed by atoms with Gasteiger partial charge in [-0.2, -0.15) is 0 Å². The average Bonchev–Trinajstić information content (AvgIpc) is 2.98. The van der Waals surface area contributed by atoms with Crippen molar-refractivity contribution in [2.75, 3.05) is 24.7 Å². The van der Waals surface area contributed by atoms with Crippen molar-refractivity contribution in [3.05, 3.63) is 30.1 Å². The molecule has 0 atom stereocenters. The summed E-state index contributed by atoms with van der Waals surface area (Å²) in [5.74, 6) is -0.748. The van der Waals surface area contributed by atoms with Gasteiger partial charge in [0, 0.05) is 12.7 Å². The van der Waals surface area contributed by atoms with Crippen molar-refractivity contribution in [2.45, 2.75) is 4.34 Å². The van der Waals surface area contributed by atoms with Crippen LogP contribution in [0.1, 0.15) is 0 Å². The van der Waals surface area contributed by atoms with Crippen LogP contribution >= 0.6 is 23.1 Å². The number of amides is 2. The molecule has 1 aromatic carbocycles. The monoisotopic (exact) mass is 355 g/mol. The van der Waals surface area contributed by atoms with Crippen LogP contribution in [0, 0.1) is 5.82 Å². The summed E-state index contributed by atoms with van der Waals surface area (Å²) in [7, 11) is 1.50. The van der Waals surface area contributed by atoms with E-state index in [0.29, 0.717) is 15.2 Å². The zero-order valence-electron chi connectivity index (χ0n) is 12.1. The fourth-order valence-electron chi connectivity index (χ4n) is 1.45. The fourth-order valence-corrected chi connectivity index (χ4v) is 3.06. The van der Waals surface area contributed by atoms with Gasteiger partial charge in [-0.25, -0.2) is 4.39 Å². The molecule has 0 saturated heterocycles. The highest BCUT2D eigenvalue weighted by Gasteiger charge is 2.09. The van der Waals surface area contributed by atoms with Crippen LogP contribution in [0.5, 0.6) is 0 Å². The van der Waals surface area contributed by atoms with Crippen molar-refractivity contribution in [2.24, 2.45) is 0 Å². The number of aromatic nitrogens is 2. The molecule has 1 heterocycles. The van der Waals surface area contributed by atoms with Gasteiger partial charge in [-0.05, 0) is 18.2 Å². The number of hydrogen-bond donors (Lipinski definition) is 3. The van der Waals surface area contributed by atoms with Crippen LogP contribution in [-0.2, 0) is 9.59 Å². The average molecular weight is 355 g/mol. The van der Waals surface area contributed by atoms with Crippen LogP contribution in [0.2, 0.25) is 0 Å². The van der Waals surface area contributed by atoms with Crippen molar-refractivity contribution in [3.8, 4) is 0 Å². The molecule has 23 heavy (non-hydrogen) atoms. The molecule has 2 rings (SSSR count). The zero-order valence-corrected chi connectivity index (χ0v) is 13.8. The zero-order chi connectivity index (χ0) is 16.7. The van der Waals surface area contributed by atoms with E-state index in [2.05, 4.69) is 26.1 Å². The van der Waals surface area contributed by atoms with E-state index in [0.717, 1.165) is 0 Å². The molecule has 2 aromatic rings. The third-order valence-electron chi connectivity index (χ3n) is 2.53. The second-order valence-electron chi connectivity index (χ2n) is 4.25. The summed E-state index contributed by atoms with van der Waals surface area (Å²) in [6.45, 7) is -0.0572. The highest BCUT2D eigenvalue weighted by atomic mass is 32.2. The van der Waals surface area contributed by atoms with Gasteiger partial charge in [0.15, 0.2) is 4.34 Å². The second kappa shape index (κ2) is 8.44. The molecule has 7 nitrogen and oxygen atoms in total. The molecule has 122 valence electrons. The second-order valence-corrected chi connectivity index (χ2v) is 6.45. The first-order valence-electron chi connectivity index (χ1n) is 6.53. The molecule has 1 aromatic heterocycles. The number of nitrogens with one attached hydrogen (secondary N) is 3. The molecule has 0 unspecified atom stereocenters. The number of carbonyl (C=O) groups excluding carboxylic acids is 2. The summed E-state index contributed by atoms with van der Waals surface area (Å²) in [4.78, 5) is 22.6. The van der Waals surface area contributed by atoms with E-state index in [-0.39, 0.29) is 29.9 Å². The van der Waals surface area contributed by atoms with Crippen molar-refractivity contribution in [3.63, 3.8) is 0 Å². The molecule has 10 heteroatoms. The molecular weight excluding hydrogens is 341 g/mol. The van der Waals surface area contributed by atoms with E-state index in [1.165, 1.54) is 42.3 Å². The minimum Gasteiger partial charge on any atom is -0.358 e. The lowest BCUT2D eigenvalue weighted by Gasteiger charge is -2.02. The lowest BCUT2D eigenvalue weighted by Crippen LogP contribution is -2.35. The molecule has 0 bridgehead atoms. The topological polar surface area (TPSA) is 96.0 Å². The predicted octanol–water partition coefficient (Wildman–Crippen LogP) is 1.38. The lowest BCUT2D eigenvalue weighted by molar-refractivity contribution is -0.124. The van der Waals surface area contributed by atoms with Crippen molar-refractivity contribution >= 4 is 45.7 Å². The number of rotatable bonds is 7. The SMILES string of the molecule is CNC(=O)CNC(=O)CSc1nnc(Nc2cccc(F)c2)s1. The van der Waals surface area contributed by atoms with Crippen molar-refractivity contribution < 1.29 is 14.0 Å². The van der Waals surface area contributed by atoms with Gasteiger partial charge in [-0.15, -0.1) is 10.2 Å². The molecule has 3 N–H and O–H groups in total. The molecule has 0 aliphatic carbocycles. The smallest absolute Gasteiger partial charge is 0.239 e. The summed E-state index contributed by atoms with van der Waals surface area (Å²) >= 11 is 2.46. The lowest BCUT2D eigenvalue weighted by atomic mass is 10.3. The molecule has 0 fully saturated rings. The van der Waals surface area contributed by atoms with E-state index < -0.39 is 0 Å². The Labute approximate surface area is 140 Å². The van der Waals surface area contributed by atoms with Crippen LogP contribution in [0.3, 0.4) is 0 Å². The number of benzene rings is 1. The Morgan fingerprint density at radius 3 is 2.87 bits per heavy atom. The van der Waals surface area contributed by atoms with Gasteiger partial charge in [-0.3, -0.25) is 9.59 Å². The number of carbonyl (C=O) groups is 2. The third-order valence-corrected chi connectivity index (χ3v) is 4.51. The first-order chi connectivity index (χ1) is 11.1. The molecular formula is C13H14FN5O2S2. The quantitative estimate of drug-likeness (QED) is 0.650. The molecule has 0 aliphatic heterocycles. The Morgan fingerprint density at radius 2 is 2.13 bits per heavy atom. The summed E-state index contributed by atoms with van der Waals surface area (Å²) < 4.78 is 13.7. The number of thioether (sulfide) groups is 1. The van der Waals surface area contributed by atoms with Crippen LogP contribution in [-0.4, -0.2) is 41.4 Å². The van der Waals surface area contributed by atoms with E-state index in [9.17, 15) is 14.0 Å². The van der Waals surface area contributed by atoms with Crippen LogP contribution in [0.15, 0.2) is 28.6 Å². The predicted molar refractivity (Wildman–Crippen MR) is 87.4 cm³/mol. The van der Waals surface area contributed by atoms with Gasteiger partial charge in [-0.1, -0.05) is 29.2 Å². The summed E-state index contributed by atoms with van der Waals surface area (Å²) in [6, 6.07) is 6.00. The van der Waals surface area contributed by atoms with E-state index in [1.54, 1.807) is 12.1 Å². The number of halogens is 1. The van der Waals surface area contributed by atoms with Crippen molar-refractivity contribution in [1.29, 1.82) is 0 Å². The minimum atomic E-state index is -0.345. The van der Waals surface area contributed by atoms with Crippen LogP contribution in [0.4, 0.5) is 15.2 Å². The Morgan fingerprint density at radius 1 is 1.30 bits per heavy atom. The van der Waals surface area contributed by atoms with E-state index in [4.69, 9.17) is 0 Å². The van der Waals surface area contributed by atoms with Gasteiger partial charge in [0.1, 0.15) is 5.82 Å². The van der Waals surface area contributed by atoms with Gasteiger partial charge in [0.25, 0.3) is 0 Å². The molecule has 0 spiro atoms. The third kappa shape index (κ3) is 5.83. The number of anilines is 2. The highest BCUT2D eigenvalue weighted by molar-refractivity contribution is 8.01. The minimum absolute atomic E-state index is 0.0572. The van der Waals surface area contributed by atoms with Crippen molar-refractivity contribution in [1.82, 2.24) is 20.8 Å². The Balaban J connectivity index is 1.80. The maximum Gasteiger partial charge on any atom is 0.239 e. The van der Waals surface area contributed by atoms with Gasteiger partial charge in [0.05, 0.1) is 12.3 Å². The van der Waals surface area contributed by atoms with Gasteiger partial charge in [0.2, 0.25) is 16.9 Å². The fraction of sp³-hybridized carbons (Fsp3) is 0.231. The Kier molecular flexibility index (Phi) is 6.29. The van der Waals surface area contributed by atoms with E-state index in [1.807, 2.05) is 0 Å². The Hall–Kier alpha value is -2.20. The Bertz CT molecular complexity index is 695. The number of hydrogen-bond acceptors (Lipinski definition) is 7. The summed E-state index contributed by atoms with van der Waals surface area (Å²) in [5.41, 5.74) is 0.570. The standard InChI is InChI=1S/C13H14FN5O2S2/c1-15-10(20)6-16-11(21)7-22-13-19-18-12(23-13)17-9-4-2-3-8(14)5-9/h2-5H,6-7H2,1H3,(H,15,20)(H,16,21)(H,17,18). The van der Waals surface area contributed by atoms with E-state index >= 15 is 0 Å². The summed E-state index contributed by atoms with van der Waals surface area (Å²) in [5, 5.41) is 16.2. The molecule has 0 radical (unpaired) electrons. The maximum absolute atomic E-state index is 13.1.